The van der Waals surface area contributed by atoms with Gasteiger partial charge >= 0.3 is 0 Å². The third-order valence-corrected chi connectivity index (χ3v) is 6.16. The van der Waals surface area contributed by atoms with Gasteiger partial charge in [0, 0.05) is 28.0 Å². The first kappa shape index (κ1) is 22.8. The van der Waals surface area contributed by atoms with Crippen LogP contribution in [-0.4, -0.2) is 20.3 Å². The van der Waals surface area contributed by atoms with E-state index in [0.29, 0.717) is 40.1 Å². The summed E-state index contributed by atoms with van der Waals surface area (Å²) in [6, 6.07) is 17.9. The van der Waals surface area contributed by atoms with Gasteiger partial charge in [-0.05, 0) is 43.2 Å². The summed E-state index contributed by atoms with van der Waals surface area (Å²) in [5.74, 6) is -0.293. The summed E-state index contributed by atoms with van der Waals surface area (Å²) in [6.07, 6.45) is 1.61. The van der Waals surface area contributed by atoms with Crippen LogP contribution in [0.25, 0.3) is 0 Å². The van der Waals surface area contributed by atoms with Gasteiger partial charge in [0.1, 0.15) is 0 Å². The van der Waals surface area contributed by atoms with Gasteiger partial charge in [-0.1, -0.05) is 59.6 Å². The first-order chi connectivity index (χ1) is 15.8. The van der Waals surface area contributed by atoms with Crippen LogP contribution in [0.3, 0.4) is 0 Å². The van der Waals surface area contributed by atoms with E-state index in [2.05, 4.69) is 10.4 Å². The Balaban J connectivity index is 1.56. The van der Waals surface area contributed by atoms with E-state index in [1.165, 1.54) is 10.6 Å². The second-order valence-electron chi connectivity index (χ2n) is 7.72. The molecule has 0 aliphatic heterocycles. The minimum atomic E-state index is -0.293. The zero-order chi connectivity index (χ0) is 23.5. The molecule has 0 fully saturated rings. The van der Waals surface area contributed by atoms with E-state index in [0.717, 1.165) is 16.8 Å². The van der Waals surface area contributed by atoms with E-state index in [9.17, 15) is 9.59 Å². The van der Waals surface area contributed by atoms with Gasteiger partial charge in [-0.2, -0.15) is 5.10 Å². The second kappa shape index (κ2) is 9.65. The molecule has 0 radical (unpaired) electrons. The number of halogens is 2. The monoisotopic (exact) mass is 480 g/mol. The molecular formula is C25H22Cl2N4O2. The molecule has 0 spiro atoms. The number of carbonyl (C=O) groups excluding carboxylic acids is 1. The van der Waals surface area contributed by atoms with Crippen LogP contribution in [0.5, 0.6) is 0 Å². The van der Waals surface area contributed by atoms with Gasteiger partial charge < -0.3 is 9.88 Å². The normalized spacial score (nSPS) is 10.9. The van der Waals surface area contributed by atoms with E-state index in [-0.39, 0.29) is 11.5 Å². The molecule has 1 amide bonds. The van der Waals surface area contributed by atoms with Crippen LogP contribution in [0.1, 0.15) is 32.9 Å². The third-order valence-electron chi connectivity index (χ3n) is 5.43. The van der Waals surface area contributed by atoms with Gasteiger partial charge in [0.15, 0.2) is 0 Å². The smallest absolute Gasteiger partial charge is 0.259 e. The van der Waals surface area contributed by atoms with E-state index in [4.69, 9.17) is 23.2 Å². The highest BCUT2D eigenvalue weighted by Crippen LogP contribution is 2.21. The largest absolute Gasteiger partial charge is 0.321 e. The number of benzene rings is 2. The summed E-state index contributed by atoms with van der Waals surface area (Å²) in [6.45, 7) is 4.41. The summed E-state index contributed by atoms with van der Waals surface area (Å²) in [5, 5.41) is 8.65. The lowest BCUT2D eigenvalue weighted by Crippen LogP contribution is -2.21. The molecule has 33 heavy (non-hydrogen) atoms. The molecule has 0 bridgehead atoms. The average Bonchev–Trinajstić information content (AvgIpc) is 3.06. The van der Waals surface area contributed by atoms with Crippen LogP contribution in [-0.2, 0) is 13.1 Å². The molecule has 4 aromatic rings. The summed E-state index contributed by atoms with van der Waals surface area (Å²) in [4.78, 5) is 25.4. The molecular weight excluding hydrogens is 459 g/mol. The highest BCUT2D eigenvalue weighted by atomic mass is 35.5. The number of anilines is 1. The van der Waals surface area contributed by atoms with Crippen molar-refractivity contribution in [3.8, 4) is 0 Å². The van der Waals surface area contributed by atoms with Gasteiger partial charge in [0.2, 0.25) is 0 Å². The Hall–Kier alpha value is -3.35. The van der Waals surface area contributed by atoms with Gasteiger partial charge in [-0.25, -0.2) is 0 Å². The molecule has 0 saturated carbocycles. The van der Waals surface area contributed by atoms with Gasteiger partial charge in [-0.3, -0.25) is 14.3 Å². The fourth-order valence-corrected chi connectivity index (χ4v) is 4.09. The van der Waals surface area contributed by atoms with E-state index < -0.39 is 0 Å². The number of rotatable bonds is 6. The van der Waals surface area contributed by atoms with Crippen LogP contribution in [0, 0.1) is 13.8 Å². The summed E-state index contributed by atoms with van der Waals surface area (Å²) < 4.78 is 3.28. The van der Waals surface area contributed by atoms with Gasteiger partial charge in [-0.15, -0.1) is 0 Å². The van der Waals surface area contributed by atoms with Crippen molar-refractivity contribution in [3.63, 3.8) is 0 Å². The lowest BCUT2D eigenvalue weighted by molar-refractivity contribution is 0.102. The lowest BCUT2D eigenvalue weighted by atomic mass is 10.1. The Labute approximate surface area is 201 Å². The first-order valence-corrected chi connectivity index (χ1v) is 11.1. The number of pyridine rings is 1. The Morgan fingerprint density at radius 3 is 2.15 bits per heavy atom. The van der Waals surface area contributed by atoms with Crippen molar-refractivity contribution in [3.05, 3.63) is 115 Å². The SMILES string of the molecule is Cc1nn(Cc2ccccc2Cl)c(C)c1C(=O)Nc1ccc(=O)n(Cc2ccccc2Cl)c1. The predicted octanol–water partition coefficient (Wildman–Crippen LogP) is 5.32. The maximum absolute atomic E-state index is 13.1. The number of nitrogens with one attached hydrogen (secondary N) is 1. The molecule has 0 aliphatic rings. The molecule has 8 heteroatoms. The van der Waals surface area contributed by atoms with Crippen molar-refractivity contribution >= 4 is 34.8 Å². The van der Waals surface area contributed by atoms with E-state index in [1.54, 1.807) is 29.9 Å². The number of carbonyl (C=O) groups is 1. The van der Waals surface area contributed by atoms with Crippen LogP contribution in [0.4, 0.5) is 5.69 Å². The Kier molecular flexibility index (Phi) is 6.67. The van der Waals surface area contributed by atoms with Crippen molar-refractivity contribution < 1.29 is 4.79 Å². The molecule has 2 aromatic carbocycles. The zero-order valence-electron chi connectivity index (χ0n) is 18.2. The molecule has 4 rings (SSSR count). The highest BCUT2D eigenvalue weighted by molar-refractivity contribution is 6.31. The molecule has 0 saturated heterocycles. The van der Waals surface area contributed by atoms with E-state index in [1.807, 2.05) is 49.4 Å². The minimum Gasteiger partial charge on any atom is -0.321 e. The van der Waals surface area contributed by atoms with Crippen molar-refractivity contribution in [1.82, 2.24) is 14.3 Å². The van der Waals surface area contributed by atoms with Crippen molar-refractivity contribution in [2.45, 2.75) is 26.9 Å². The quantitative estimate of drug-likeness (QED) is 0.406. The minimum absolute atomic E-state index is 0.187. The molecule has 2 aromatic heterocycles. The molecule has 0 atom stereocenters. The van der Waals surface area contributed by atoms with Gasteiger partial charge in [0.05, 0.1) is 30.0 Å². The predicted molar refractivity (Wildman–Crippen MR) is 131 cm³/mol. The van der Waals surface area contributed by atoms with Crippen LogP contribution >= 0.6 is 23.2 Å². The second-order valence-corrected chi connectivity index (χ2v) is 8.54. The molecule has 168 valence electrons. The standard InChI is InChI=1S/C25H22Cl2N4O2/c1-16-24(17(2)31(29-16)14-19-8-4-6-10-22(19)27)25(33)28-20-11-12-23(32)30(15-20)13-18-7-3-5-9-21(18)26/h3-12,15H,13-14H2,1-2H3,(H,28,33). The molecule has 2 heterocycles. The fourth-order valence-electron chi connectivity index (χ4n) is 3.70. The topological polar surface area (TPSA) is 68.9 Å². The highest BCUT2D eigenvalue weighted by Gasteiger charge is 2.19. The molecule has 6 nitrogen and oxygen atoms in total. The Bertz CT molecular complexity index is 1390. The molecule has 0 aliphatic carbocycles. The fraction of sp³-hybridized carbons (Fsp3) is 0.160. The maximum Gasteiger partial charge on any atom is 0.259 e. The van der Waals surface area contributed by atoms with Crippen molar-refractivity contribution in [2.75, 3.05) is 5.32 Å². The number of hydrogen-bond acceptors (Lipinski definition) is 3. The number of amides is 1. The maximum atomic E-state index is 13.1. The Morgan fingerprint density at radius 2 is 1.52 bits per heavy atom. The molecule has 1 N–H and O–H groups in total. The summed E-state index contributed by atoms with van der Waals surface area (Å²) in [7, 11) is 0. The number of aryl methyl sites for hydroxylation is 1. The van der Waals surface area contributed by atoms with Crippen LogP contribution in [0.2, 0.25) is 10.0 Å². The Morgan fingerprint density at radius 1 is 0.909 bits per heavy atom. The molecule has 0 unspecified atom stereocenters. The summed E-state index contributed by atoms with van der Waals surface area (Å²) in [5.41, 5.74) is 3.89. The van der Waals surface area contributed by atoms with Crippen molar-refractivity contribution in [2.24, 2.45) is 0 Å². The third kappa shape index (κ3) is 5.02. The number of hydrogen-bond donors (Lipinski definition) is 1. The van der Waals surface area contributed by atoms with Crippen molar-refractivity contribution in [1.29, 1.82) is 0 Å². The number of nitrogens with zero attached hydrogens (tertiary/aromatic N) is 3. The first-order valence-electron chi connectivity index (χ1n) is 10.4. The van der Waals surface area contributed by atoms with Gasteiger partial charge in [0.25, 0.3) is 11.5 Å². The van der Waals surface area contributed by atoms with Crippen LogP contribution in [0.15, 0.2) is 71.7 Å². The van der Waals surface area contributed by atoms with Crippen LogP contribution < -0.4 is 10.9 Å². The number of aromatic nitrogens is 3. The van der Waals surface area contributed by atoms with E-state index >= 15 is 0 Å². The lowest BCUT2D eigenvalue weighted by Gasteiger charge is -2.11. The average molecular weight is 481 g/mol. The summed E-state index contributed by atoms with van der Waals surface area (Å²) >= 11 is 12.5. The zero-order valence-corrected chi connectivity index (χ0v) is 19.7.